The average molecular weight is 223 g/mol. The van der Waals surface area contributed by atoms with Gasteiger partial charge in [0.1, 0.15) is 6.20 Å². The van der Waals surface area contributed by atoms with Crippen molar-refractivity contribution in [3.05, 3.63) is 28.4 Å². The smallest absolute Gasteiger partial charge is 0.365 e. The van der Waals surface area contributed by atoms with Crippen LogP contribution in [0.1, 0.15) is 12.8 Å². The van der Waals surface area contributed by atoms with Crippen LogP contribution in [0, 0.1) is 10.1 Å². The quantitative estimate of drug-likeness (QED) is 0.596. The molecule has 1 aliphatic heterocycles. The fraction of sp³-hybridized carbons (Fsp3) is 0.500. The van der Waals surface area contributed by atoms with E-state index in [1.54, 1.807) is 6.07 Å². The highest BCUT2D eigenvalue weighted by Gasteiger charge is 2.19. The maximum atomic E-state index is 10.6. The molecular formula is C10H13N3O3. The molecule has 86 valence electrons. The summed E-state index contributed by atoms with van der Waals surface area (Å²) in [6.07, 6.45) is 2.61. The van der Waals surface area contributed by atoms with Crippen LogP contribution in [0.25, 0.3) is 0 Å². The fourth-order valence-corrected chi connectivity index (χ4v) is 1.83. The van der Waals surface area contributed by atoms with Crippen LogP contribution in [-0.2, 0) is 0 Å². The molecule has 16 heavy (non-hydrogen) atoms. The number of nitrogens with zero attached hydrogens (tertiary/aromatic N) is 3. The van der Waals surface area contributed by atoms with Crippen LogP contribution in [0.4, 0.5) is 11.5 Å². The monoisotopic (exact) mass is 223 g/mol. The number of nitro groups is 1. The second-order valence-corrected chi connectivity index (χ2v) is 3.85. The Kier molecular flexibility index (Phi) is 3.00. The molecule has 0 amide bonds. The van der Waals surface area contributed by atoms with Crippen molar-refractivity contribution >= 4 is 11.5 Å². The first-order chi connectivity index (χ1) is 7.66. The molecule has 1 aromatic heterocycles. The highest BCUT2D eigenvalue weighted by Crippen LogP contribution is 2.22. The van der Waals surface area contributed by atoms with E-state index in [2.05, 4.69) is 4.98 Å². The number of rotatable bonds is 2. The molecule has 0 bridgehead atoms. The zero-order chi connectivity index (χ0) is 11.5. The molecule has 2 heterocycles. The summed E-state index contributed by atoms with van der Waals surface area (Å²) in [6, 6.07) is 3.22. The van der Waals surface area contributed by atoms with Crippen LogP contribution in [0.15, 0.2) is 18.3 Å². The van der Waals surface area contributed by atoms with Gasteiger partial charge >= 0.3 is 5.82 Å². The summed E-state index contributed by atoms with van der Waals surface area (Å²) in [5, 5.41) is 19.9. The first-order valence-corrected chi connectivity index (χ1v) is 5.20. The zero-order valence-electron chi connectivity index (χ0n) is 8.74. The maximum Gasteiger partial charge on any atom is 0.365 e. The van der Waals surface area contributed by atoms with Gasteiger partial charge in [-0.3, -0.25) is 0 Å². The number of hydrogen-bond donors (Lipinski definition) is 1. The Morgan fingerprint density at radius 3 is 2.81 bits per heavy atom. The van der Waals surface area contributed by atoms with Gasteiger partial charge in [-0.15, -0.1) is 0 Å². The summed E-state index contributed by atoms with van der Waals surface area (Å²) in [6.45, 7) is 1.45. The maximum absolute atomic E-state index is 10.6. The second kappa shape index (κ2) is 4.44. The second-order valence-electron chi connectivity index (χ2n) is 3.85. The van der Waals surface area contributed by atoms with Crippen molar-refractivity contribution in [2.75, 3.05) is 18.0 Å². The van der Waals surface area contributed by atoms with Crippen LogP contribution in [0.2, 0.25) is 0 Å². The molecule has 0 radical (unpaired) electrons. The third-order valence-electron chi connectivity index (χ3n) is 2.75. The summed E-state index contributed by atoms with van der Waals surface area (Å²) in [5.41, 5.74) is 0.800. The van der Waals surface area contributed by atoms with Gasteiger partial charge in [0, 0.05) is 24.8 Å². The van der Waals surface area contributed by atoms with Crippen LogP contribution >= 0.6 is 0 Å². The number of pyridine rings is 1. The molecule has 1 fully saturated rings. The lowest BCUT2D eigenvalue weighted by Crippen LogP contribution is -2.35. The van der Waals surface area contributed by atoms with Gasteiger partial charge in [0.05, 0.1) is 12.2 Å². The van der Waals surface area contributed by atoms with Crippen LogP contribution in [0.5, 0.6) is 0 Å². The number of piperidine rings is 1. The van der Waals surface area contributed by atoms with Crippen molar-refractivity contribution in [3.63, 3.8) is 0 Å². The van der Waals surface area contributed by atoms with E-state index in [9.17, 15) is 15.2 Å². The van der Waals surface area contributed by atoms with E-state index in [4.69, 9.17) is 0 Å². The fourth-order valence-electron chi connectivity index (χ4n) is 1.83. The van der Waals surface area contributed by atoms with E-state index in [0.717, 1.165) is 18.8 Å². The molecule has 1 aliphatic rings. The molecule has 2 rings (SSSR count). The highest BCUT2D eigenvalue weighted by atomic mass is 16.6. The van der Waals surface area contributed by atoms with E-state index in [1.165, 1.54) is 12.3 Å². The topological polar surface area (TPSA) is 79.5 Å². The molecule has 6 heteroatoms. The summed E-state index contributed by atoms with van der Waals surface area (Å²) in [5.74, 6) is -0.136. The Bertz CT molecular complexity index is 389. The van der Waals surface area contributed by atoms with Crippen molar-refractivity contribution in [2.24, 2.45) is 0 Å². The minimum atomic E-state index is -0.498. The van der Waals surface area contributed by atoms with Crippen molar-refractivity contribution in [1.82, 2.24) is 4.98 Å². The number of aliphatic hydroxyl groups excluding tert-OH is 1. The molecule has 1 saturated heterocycles. The number of anilines is 1. The summed E-state index contributed by atoms with van der Waals surface area (Å²) >= 11 is 0. The zero-order valence-corrected chi connectivity index (χ0v) is 8.74. The van der Waals surface area contributed by atoms with Crippen LogP contribution in [-0.4, -0.2) is 34.2 Å². The molecule has 1 aromatic rings. The lowest BCUT2D eigenvalue weighted by atomic mass is 10.1. The van der Waals surface area contributed by atoms with Gasteiger partial charge < -0.3 is 20.1 Å². The van der Waals surface area contributed by atoms with Gasteiger partial charge in [-0.05, 0) is 22.7 Å². The number of hydrogen-bond acceptors (Lipinski definition) is 5. The molecule has 0 spiro atoms. The molecule has 0 atom stereocenters. The van der Waals surface area contributed by atoms with Gasteiger partial charge in [-0.25, -0.2) is 0 Å². The van der Waals surface area contributed by atoms with Gasteiger partial charge in [-0.1, -0.05) is 0 Å². The van der Waals surface area contributed by atoms with Gasteiger partial charge in [0.2, 0.25) is 0 Å². The Hall–Kier alpha value is -1.69. The molecule has 1 N–H and O–H groups in total. The number of aromatic nitrogens is 1. The largest absolute Gasteiger partial charge is 0.393 e. The van der Waals surface area contributed by atoms with Crippen molar-refractivity contribution in [3.8, 4) is 0 Å². The Labute approximate surface area is 92.7 Å². The van der Waals surface area contributed by atoms with Crippen molar-refractivity contribution < 1.29 is 10.0 Å². The third kappa shape index (κ3) is 2.27. The van der Waals surface area contributed by atoms with Gasteiger partial charge in [0.15, 0.2) is 0 Å². The Balaban J connectivity index is 2.14. The standard InChI is InChI=1S/C10H13N3O3/c14-9-2-5-12(6-3-9)8-1-4-11-10(7-8)13(15)16/h1,4,7,9,14H,2-3,5-6H2. The molecule has 0 unspecified atom stereocenters. The molecule has 0 aromatic carbocycles. The van der Waals surface area contributed by atoms with Crippen molar-refractivity contribution in [1.29, 1.82) is 0 Å². The normalized spacial score (nSPS) is 17.4. The highest BCUT2D eigenvalue weighted by molar-refractivity contribution is 5.50. The van der Waals surface area contributed by atoms with Gasteiger partial charge in [0.25, 0.3) is 0 Å². The lowest BCUT2D eigenvalue weighted by Gasteiger charge is -2.30. The van der Waals surface area contributed by atoms with E-state index in [1.807, 2.05) is 4.90 Å². The predicted molar refractivity (Wildman–Crippen MR) is 58.3 cm³/mol. The summed E-state index contributed by atoms with van der Waals surface area (Å²) < 4.78 is 0. The summed E-state index contributed by atoms with van der Waals surface area (Å²) in [7, 11) is 0. The molecule has 6 nitrogen and oxygen atoms in total. The lowest BCUT2D eigenvalue weighted by molar-refractivity contribution is -0.389. The summed E-state index contributed by atoms with van der Waals surface area (Å²) in [4.78, 5) is 15.8. The van der Waals surface area contributed by atoms with E-state index in [-0.39, 0.29) is 11.9 Å². The van der Waals surface area contributed by atoms with Crippen LogP contribution < -0.4 is 4.90 Å². The predicted octanol–water partition coefficient (Wildman–Crippen LogP) is 0.951. The SMILES string of the molecule is O=[N+]([O-])c1cc(N2CCC(O)CC2)ccn1. The average Bonchev–Trinajstić information content (AvgIpc) is 2.30. The van der Waals surface area contributed by atoms with Gasteiger partial charge in [-0.2, -0.15) is 0 Å². The van der Waals surface area contributed by atoms with Crippen LogP contribution in [0.3, 0.4) is 0 Å². The van der Waals surface area contributed by atoms with E-state index < -0.39 is 4.92 Å². The van der Waals surface area contributed by atoms with E-state index in [0.29, 0.717) is 12.8 Å². The third-order valence-corrected chi connectivity index (χ3v) is 2.75. The first-order valence-electron chi connectivity index (χ1n) is 5.20. The molecule has 0 saturated carbocycles. The Morgan fingerprint density at radius 1 is 1.50 bits per heavy atom. The first kappa shape index (κ1) is 10.8. The minimum Gasteiger partial charge on any atom is -0.393 e. The minimum absolute atomic E-state index is 0.136. The van der Waals surface area contributed by atoms with E-state index >= 15 is 0 Å². The van der Waals surface area contributed by atoms with Crippen molar-refractivity contribution in [2.45, 2.75) is 18.9 Å². The molecular weight excluding hydrogens is 210 g/mol. The number of aliphatic hydroxyl groups is 1. The Morgan fingerprint density at radius 2 is 2.19 bits per heavy atom. The molecule has 0 aliphatic carbocycles.